The second-order valence-electron chi connectivity index (χ2n) is 8.37. The zero-order valence-electron chi connectivity index (χ0n) is 15.3. The van der Waals surface area contributed by atoms with Gasteiger partial charge in [0.2, 0.25) is 0 Å². The van der Waals surface area contributed by atoms with E-state index in [1.54, 1.807) is 0 Å². The number of carboxylic acid groups (broad SMARTS) is 1. The first-order valence-electron chi connectivity index (χ1n) is 8.93. The molecule has 2 N–H and O–H groups in total. The van der Waals surface area contributed by atoms with Crippen LogP contribution in [0, 0.1) is 11.3 Å². The number of carbonyl (C=O) groups is 1. The maximum Gasteiger partial charge on any atom is 0.309 e. The van der Waals surface area contributed by atoms with E-state index in [-0.39, 0.29) is 11.3 Å². The highest BCUT2D eigenvalue weighted by atomic mass is 79.9. The van der Waals surface area contributed by atoms with Gasteiger partial charge in [0.1, 0.15) is 0 Å². The highest BCUT2D eigenvalue weighted by molar-refractivity contribution is 9.10. The maximum absolute atomic E-state index is 12.1. The van der Waals surface area contributed by atoms with E-state index in [1.165, 1.54) is 5.56 Å². The molecule has 4 nitrogen and oxygen atoms in total. The highest BCUT2D eigenvalue weighted by Crippen LogP contribution is 2.58. The van der Waals surface area contributed by atoms with Gasteiger partial charge in [-0.25, -0.2) is 0 Å². The molecule has 0 radical (unpaired) electrons. The number of hydrogen-bond donors (Lipinski definition) is 2. The van der Waals surface area contributed by atoms with Gasteiger partial charge >= 0.3 is 5.97 Å². The Morgan fingerprint density at radius 2 is 2.00 bits per heavy atom. The van der Waals surface area contributed by atoms with Crippen LogP contribution in [0.1, 0.15) is 76.0 Å². The number of hydrogen-bond acceptors (Lipinski definition) is 3. The second kappa shape index (κ2) is 6.11. The van der Waals surface area contributed by atoms with Crippen LogP contribution in [0.4, 0.5) is 0 Å². The van der Waals surface area contributed by atoms with Gasteiger partial charge < -0.3 is 10.3 Å². The predicted octanol–water partition coefficient (Wildman–Crippen LogP) is 5.30. The summed E-state index contributed by atoms with van der Waals surface area (Å²) in [4.78, 5) is 12.1. The minimum absolute atomic E-state index is 0.0820. The van der Waals surface area contributed by atoms with Crippen LogP contribution in [-0.2, 0) is 10.2 Å². The molecule has 3 rings (SSSR count). The standard InChI is InChI=1S/C20H26BrNO3/c1-11(2)12-8-13-14(9-15(12)21)19(3)6-5-7-20(4,18(23)24)17(19)10-16(13)22-25/h8-9,11,17,25H,5-7,10H2,1-4H3,(H,23,24)/t17?,19-,20-/m1/s1. The third kappa shape index (κ3) is 2.62. The molecule has 0 aromatic heterocycles. The second-order valence-corrected chi connectivity index (χ2v) is 9.23. The molecule has 136 valence electrons. The number of rotatable bonds is 2. The number of oxime groups is 1. The average molecular weight is 408 g/mol. The van der Waals surface area contributed by atoms with E-state index in [2.05, 4.69) is 54.0 Å². The fourth-order valence-electron chi connectivity index (χ4n) is 5.05. The van der Waals surface area contributed by atoms with Crippen molar-refractivity contribution in [3.8, 4) is 0 Å². The molecule has 0 spiro atoms. The molecule has 25 heavy (non-hydrogen) atoms. The Labute approximate surface area is 157 Å². The molecular formula is C20H26BrNO3. The average Bonchev–Trinajstić information content (AvgIpc) is 2.54. The molecule has 0 bridgehead atoms. The summed E-state index contributed by atoms with van der Waals surface area (Å²) < 4.78 is 1.04. The van der Waals surface area contributed by atoms with Gasteiger partial charge in [-0.1, -0.05) is 48.3 Å². The summed E-state index contributed by atoms with van der Waals surface area (Å²) in [7, 11) is 0. The van der Waals surface area contributed by atoms with Crippen LogP contribution in [0.3, 0.4) is 0 Å². The number of aliphatic carboxylic acids is 1. The van der Waals surface area contributed by atoms with Gasteiger partial charge in [0, 0.05) is 10.0 Å². The molecule has 5 heteroatoms. The number of nitrogens with zero attached hydrogens (tertiary/aromatic N) is 1. The largest absolute Gasteiger partial charge is 0.481 e. The quantitative estimate of drug-likeness (QED) is 0.515. The Kier molecular flexibility index (Phi) is 4.51. The van der Waals surface area contributed by atoms with Gasteiger partial charge in [-0.3, -0.25) is 4.79 Å². The van der Waals surface area contributed by atoms with E-state index in [0.717, 1.165) is 28.4 Å². The lowest BCUT2D eigenvalue weighted by Gasteiger charge is -2.53. The number of carboxylic acids is 1. The Balaban J connectivity index is 2.25. The van der Waals surface area contributed by atoms with Crippen molar-refractivity contribution in [3.63, 3.8) is 0 Å². The molecule has 0 amide bonds. The molecule has 1 fully saturated rings. The van der Waals surface area contributed by atoms with Crippen molar-refractivity contribution < 1.29 is 15.1 Å². The smallest absolute Gasteiger partial charge is 0.309 e. The third-order valence-electron chi connectivity index (χ3n) is 6.62. The summed E-state index contributed by atoms with van der Waals surface area (Å²) in [6.07, 6.45) is 3.02. The lowest BCUT2D eigenvalue weighted by molar-refractivity contribution is -0.156. The van der Waals surface area contributed by atoms with Crippen molar-refractivity contribution in [1.29, 1.82) is 0 Å². The molecule has 1 unspecified atom stereocenters. The lowest BCUT2D eigenvalue weighted by Crippen LogP contribution is -2.53. The highest BCUT2D eigenvalue weighted by Gasteiger charge is 2.56. The third-order valence-corrected chi connectivity index (χ3v) is 7.31. The van der Waals surface area contributed by atoms with Gasteiger partial charge in [-0.15, -0.1) is 0 Å². The summed E-state index contributed by atoms with van der Waals surface area (Å²) in [5, 5.41) is 23.1. The molecule has 1 saturated carbocycles. The zero-order valence-corrected chi connectivity index (χ0v) is 16.9. The van der Waals surface area contributed by atoms with Crippen molar-refractivity contribution in [3.05, 3.63) is 33.3 Å². The van der Waals surface area contributed by atoms with Crippen molar-refractivity contribution in [2.75, 3.05) is 0 Å². The first-order chi connectivity index (χ1) is 11.6. The number of fused-ring (bicyclic) bond motifs is 3. The molecule has 1 aromatic rings. The van der Waals surface area contributed by atoms with Crippen LogP contribution in [0.5, 0.6) is 0 Å². The van der Waals surface area contributed by atoms with Gasteiger partial charge in [-0.05, 0) is 66.7 Å². The molecule has 0 heterocycles. The Morgan fingerprint density at radius 3 is 2.56 bits per heavy atom. The van der Waals surface area contributed by atoms with Crippen LogP contribution >= 0.6 is 15.9 Å². The van der Waals surface area contributed by atoms with Crippen LogP contribution < -0.4 is 0 Å². The molecular weight excluding hydrogens is 382 g/mol. The molecule has 2 aliphatic carbocycles. The van der Waals surface area contributed by atoms with Crippen molar-refractivity contribution >= 4 is 27.6 Å². The van der Waals surface area contributed by atoms with Crippen molar-refractivity contribution in [2.24, 2.45) is 16.5 Å². The van der Waals surface area contributed by atoms with E-state index in [4.69, 9.17) is 0 Å². The van der Waals surface area contributed by atoms with Gasteiger partial charge in [-0.2, -0.15) is 0 Å². The van der Waals surface area contributed by atoms with E-state index in [9.17, 15) is 15.1 Å². The summed E-state index contributed by atoms with van der Waals surface area (Å²) in [5.41, 5.74) is 2.85. The van der Waals surface area contributed by atoms with Crippen molar-refractivity contribution in [1.82, 2.24) is 0 Å². The topological polar surface area (TPSA) is 69.9 Å². The first kappa shape index (κ1) is 18.4. The summed E-state index contributed by atoms with van der Waals surface area (Å²) >= 11 is 3.70. The first-order valence-corrected chi connectivity index (χ1v) is 9.73. The minimum Gasteiger partial charge on any atom is -0.481 e. The molecule has 0 saturated heterocycles. The molecule has 2 aliphatic rings. The fraction of sp³-hybridized carbons (Fsp3) is 0.600. The van der Waals surface area contributed by atoms with Gasteiger partial charge in [0.05, 0.1) is 11.1 Å². The van der Waals surface area contributed by atoms with Crippen LogP contribution in [-0.4, -0.2) is 22.0 Å². The molecule has 0 aliphatic heterocycles. The van der Waals surface area contributed by atoms with Crippen molar-refractivity contribution in [2.45, 2.75) is 64.7 Å². The van der Waals surface area contributed by atoms with Gasteiger partial charge in [0.25, 0.3) is 0 Å². The van der Waals surface area contributed by atoms with E-state index in [1.807, 2.05) is 6.92 Å². The normalized spacial score (nSPS) is 33.2. The SMILES string of the molecule is CC(C)c1cc2c(cc1Br)[C@@]1(C)CCC[C@@](C)(C(=O)O)C1CC2=NO. The van der Waals surface area contributed by atoms with Crippen LogP contribution in [0.2, 0.25) is 0 Å². The number of halogens is 1. The lowest BCUT2D eigenvalue weighted by atomic mass is 9.49. The van der Waals surface area contributed by atoms with Gasteiger partial charge in [0.15, 0.2) is 0 Å². The Bertz CT molecular complexity index is 758. The Hall–Kier alpha value is -1.36. The van der Waals surface area contributed by atoms with E-state index < -0.39 is 11.4 Å². The van der Waals surface area contributed by atoms with E-state index >= 15 is 0 Å². The monoisotopic (exact) mass is 407 g/mol. The van der Waals surface area contributed by atoms with E-state index in [0.29, 0.717) is 24.5 Å². The number of benzene rings is 1. The summed E-state index contributed by atoms with van der Waals surface area (Å²) in [5.74, 6) is -0.482. The zero-order chi connectivity index (χ0) is 18.6. The Morgan fingerprint density at radius 1 is 1.32 bits per heavy atom. The molecule has 1 aromatic carbocycles. The minimum atomic E-state index is -0.802. The maximum atomic E-state index is 12.1. The van der Waals surface area contributed by atoms with Crippen LogP contribution in [0.15, 0.2) is 21.8 Å². The van der Waals surface area contributed by atoms with Crippen LogP contribution in [0.25, 0.3) is 0 Å². The summed E-state index contributed by atoms with van der Waals surface area (Å²) in [6, 6.07) is 4.25. The fourth-order valence-corrected chi connectivity index (χ4v) is 5.85. The predicted molar refractivity (Wildman–Crippen MR) is 102 cm³/mol. The molecule has 3 atom stereocenters. The summed E-state index contributed by atoms with van der Waals surface area (Å²) in [6.45, 7) is 8.32.